The number of hydrogen-bond acceptors (Lipinski definition) is 12. The number of aliphatic hydroxyl groups excluding tert-OH is 2. The number of rotatable bonds is 17. The van der Waals surface area contributed by atoms with Gasteiger partial charge in [-0.25, -0.2) is 4.98 Å². The molecule has 1 aliphatic carbocycles. The first-order valence-electron chi connectivity index (χ1n) is 25.5. The number of aromatic nitrogens is 1. The lowest BCUT2D eigenvalue weighted by Crippen LogP contribution is -2.74. The van der Waals surface area contributed by atoms with Gasteiger partial charge in [0.05, 0.1) is 52.0 Å². The number of nitriles is 1. The van der Waals surface area contributed by atoms with Gasteiger partial charge in [0.15, 0.2) is 0 Å². The van der Waals surface area contributed by atoms with Crippen molar-refractivity contribution in [2.45, 2.75) is 136 Å². The van der Waals surface area contributed by atoms with E-state index < -0.39 is 41.5 Å². The van der Waals surface area contributed by atoms with Gasteiger partial charge in [0.25, 0.3) is 5.91 Å². The SMILES string of the molecule is Cc1ncsc1-c1ccc([C@H](CO)NC(=O)[C@@H]2C[C@@H](O)CN2C(=O)[C@@H](NC(=O)CN2C3CCC2CN(CCCc2ccc(C(=O)NC4C(C)(C)C(Oc5ccc(C#N)c(Cl)c5)C4(C)C)cc2)C3)C(C)(C)C)cc1. The Bertz CT molecular complexity index is 2670. The van der Waals surface area contributed by atoms with Crippen molar-refractivity contribution in [3.05, 3.63) is 105 Å². The van der Waals surface area contributed by atoms with Gasteiger partial charge in [-0.2, -0.15) is 5.26 Å². The summed E-state index contributed by atoms with van der Waals surface area (Å²) in [6.07, 6.45) is 2.71. The quantitative estimate of drug-likeness (QED) is 0.0756. The average Bonchev–Trinajstić information content (AvgIpc) is 4.03. The molecular weight excluding hydrogens is 964 g/mol. The molecule has 4 fully saturated rings. The number of piperazine rings is 1. The number of thiazole rings is 1. The molecule has 73 heavy (non-hydrogen) atoms. The summed E-state index contributed by atoms with van der Waals surface area (Å²) >= 11 is 7.81. The fourth-order valence-electron chi connectivity index (χ4n) is 12.1. The third-order valence-corrected chi connectivity index (χ3v) is 17.0. The monoisotopic (exact) mass is 1030 g/mol. The first-order valence-corrected chi connectivity index (χ1v) is 26.8. The predicted molar refractivity (Wildman–Crippen MR) is 282 cm³/mol. The summed E-state index contributed by atoms with van der Waals surface area (Å²) in [6.45, 7) is 18.3. The molecule has 390 valence electrons. The second kappa shape index (κ2) is 21.8. The molecule has 2 unspecified atom stereocenters. The van der Waals surface area contributed by atoms with Crippen LogP contribution in [0.3, 0.4) is 0 Å². The van der Waals surface area contributed by atoms with Crippen LogP contribution in [0.2, 0.25) is 5.02 Å². The Balaban J connectivity index is 0.795. The minimum Gasteiger partial charge on any atom is -0.489 e. The Morgan fingerprint density at radius 1 is 0.959 bits per heavy atom. The van der Waals surface area contributed by atoms with Gasteiger partial charge in [0.1, 0.15) is 30.0 Å². The number of aryl methyl sites for hydroxylation is 2. The molecular formula is C56H71ClN8O7S. The Labute approximate surface area is 438 Å². The van der Waals surface area contributed by atoms with E-state index >= 15 is 0 Å². The highest BCUT2D eigenvalue weighted by molar-refractivity contribution is 7.13. The maximum absolute atomic E-state index is 14.4. The number of halogens is 1. The van der Waals surface area contributed by atoms with Gasteiger partial charge in [0, 0.05) is 66.6 Å². The lowest BCUT2D eigenvalue weighted by atomic mass is 9.49. The molecule has 1 aromatic heterocycles. The second-order valence-corrected chi connectivity index (χ2v) is 24.1. The summed E-state index contributed by atoms with van der Waals surface area (Å²) < 4.78 is 6.39. The number of nitrogens with zero attached hydrogens (tertiary/aromatic N) is 5. The van der Waals surface area contributed by atoms with Crippen LogP contribution in [-0.2, 0) is 20.8 Å². The zero-order valence-corrected chi connectivity index (χ0v) is 44.9. The average molecular weight is 1040 g/mol. The summed E-state index contributed by atoms with van der Waals surface area (Å²) in [5.41, 5.74) is 5.11. The van der Waals surface area contributed by atoms with E-state index in [1.807, 2.05) is 76.2 Å². The number of amides is 4. The van der Waals surface area contributed by atoms with E-state index in [4.69, 9.17) is 16.3 Å². The summed E-state index contributed by atoms with van der Waals surface area (Å²) in [6, 6.07) is 20.2. The fraction of sp³-hybridized carbons (Fsp3) is 0.536. The minimum atomic E-state index is -0.981. The fourth-order valence-corrected chi connectivity index (χ4v) is 13.1. The van der Waals surface area contributed by atoms with Crippen molar-refractivity contribution in [3.8, 4) is 22.3 Å². The summed E-state index contributed by atoms with van der Waals surface area (Å²) in [5.74, 6) is -0.703. The van der Waals surface area contributed by atoms with Gasteiger partial charge in [0.2, 0.25) is 17.7 Å². The number of ether oxygens (including phenoxy) is 1. The minimum absolute atomic E-state index is 0.0416. The normalized spacial score (nSPS) is 24.2. The van der Waals surface area contributed by atoms with E-state index in [0.717, 1.165) is 67.0 Å². The third kappa shape index (κ3) is 11.6. The molecule has 17 heteroatoms. The lowest BCUT2D eigenvalue weighted by Gasteiger charge is -2.63. The maximum atomic E-state index is 14.4. The van der Waals surface area contributed by atoms with Crippen LogP contribution in [0, 0.1) is 34.5 Å². The summed E-state index contributed by atoms with van der Waals surface area (Å²) in [4.78, 5) is 67.3. The van der Waals surface area contributed by atoms with E-state index in [1.54, 1.807) is 35.0 Å². The smallest absolute Gasteiger partial charge is 0.251 e. The maximum Gasteiger partial charge on any atom is 0.251 e. The van der Waals surface area contributed by atoms with Crippen LogP contribution in [0.15, 0.2) is 72.2 Å². The molecule has 2 bridgehead atoms. The molecule has 0 radical (unpaired) electrons. The van der Waals surface area contributed by atoms with E-state index in [-0.39, 0.29) is 73.0 Å². The number of fused-ring (bicyclic) bond motifs is 2. The highest BCUT2D eigenvalue weighted by Gasteiger charge is 2.64. The van der Waals surface area contributed by atoms with E-state index in [0.29, 0.717) is 27.5 Å². The van der Waals surface area contributed by atoms with Gasteiger partial charge in [-0.15, -0.1) is 11.3 Å². The zero-order chi connectivity index (χ0) is 52.6. The van der Waals surface area contributed by atoms with Crippen molar-refractivity contribution < 1.29 is 34.1 Å². The number of carbonyl (C=O) groups is 4. The number of benzene rings is 3. The topological polar surface area (TPSA) is 200 Å². The molecule has 3 saturated heterocycles. The standard InChI is InChI=1S/C56H71ClN8O7S/c1-33-47(73-32-59-33)36-17-15-35(16-18-36)44(31-66)60-50(70)45-24-41(67)29-65(45)51(71)48(54(2,3)4)61-46(68)30-64-39-20-21-40(64)28-63(27-39)23-9-10-34-11-13-37(14-12-34)49(69)62-52-55(5,6)53(56(52,7)8)72-42-22-19-38(26-58)43(57)25-42/h11-19,22,25,32,39-41,44-45,48,52-53,66-67H,9-10,20-21,23-24,27-31H2,1-8H3,(H,60,70)(H,61,68)(H,62,69)/t39?,40?,41-,44+,45+,48-,52?,53?/m1/s1. The van der Waals surface area contributed by atoms with Crippen molar-refractivity contribution >= 4 is 46.6 Å². The van der Waals surface area contributed by atoms with Crippen LogP contribution >= 0.6 is 22.9 Å². The second-order valence-electron chi connectivity index (χ2n) is 22.8. The first-order chi connectivity index (χ1) is 34.6. The summed E-state index contributed by atoms with van der Waals surface area (Å²) in [7, 11) is 0. The number of likely N-dealkylation sites (tertiary alicyclic amines) is 2. The number of hydrogen-bond donors (Lipinski definition) is 5. The Morgan fingerprint density at radius 3 is 2.22 bits per heavy atom. The first kappa shape index (κ1) is 53.9. The molecule has 4 amide bonds. The van der Waals surface area contributed by atoms with Crippen LogP contribution in [0.4, 0.5) is 0 Å². The highest BCUT2D eigenvalue weighted by Crippen LogP contribution is 2.55. The van der Waals surface area contributed by atoms with Crippen molar-refractivity contribution in [1.82, 2.24) is 35.6 Å². The molecule has 8 rings (SSSR count). The summed E-state index contributed by atoms with van der Waals surface area (Å²) in [5, 5.41) is 40.0. The van der Waals surface area contributed by atoms with Gasteiger partial charge in [-0.1, -0.05) is 96.5 Å². The molecule has 3 aromatic carbocycles. The van der Waals surface area contributed by atoms with E-state index in [1.165, 1.54) is 4.90 Å². The van der Waals surface area contributed by atoms with Crippen LogP contribution in [0.5, 0.6) is 5.75 Å². The largest absolute Gasteiger partial charge is 0.489 e. The molecule has 6 atom stereocenters. The molecule has 4 heterocycles. The Morgan fingerprint density at radius 2 is 1.63 bits per heavy atom. The zero-order valence-electron chi connectivity index (χ0n) is 43.3. The van der Waals surface area contributed by atoms with Gasteiger partial charge in [-0.05, 0) is 85.5 Å². The van der Waals surface area contributed by atoms with Crippen molar-refractivity contribution in [2.24, 2.45) is 16.2 Å². The predicted octanol–water partition coefficient (Wildman–Crippen LogP) is 6.68. The number of aliphatic hydroxyl groups is 2. The highest BCUT2D eigenvalue weighted by atomic mass is 35.5. The Kier molecular flexibility index (Phi) is 16.1. The number of carbonyl (C=O) groups excluding carboxylic acids is 4. The molecule has 1 saturated carbocycles. The van der Waals surface area contributed by atoms with Crippen molar-refractivity contribution in [1.29, 1.82) is 5.26 Å². The van der Waals surface area contributed by atoms with Gasteiger partial charge < -0.3 is 40.7 Å². The van der Waals surface area contributed by atoms with E-state index in [2.05, 4.69) is 64.5 Å². The number of nitrogens with one attached hydrogen (secondary N) is 3. The van der Waals surface area contributed by atoms with Gasteiger partial charge >= 0.3 is 0 Å². The molecule has 0 spiro atoms. The van der Waals surface area contributed by atoms with E-state index in [9.17, 15) is 34.7 Å². The third-order valence-electron chi connectivity index (χ3n) is 15.7. The van der Waals surface area contributed by atoms with Crippen LogP contribution in [0.1, 0.15) is 113 Å². The molecule has 3 aliphatic heterocycles. The number of β-amino-alcohol motifs (C(OH)–C–C–N with tert-alkyl or cyclic N) is 1. The molecule has 5 N–H and O–H groups in total. The molecule has 4 aromatic rings. The van der Waals surface area contributed by atoms with Crippen molar-refractivity contribution in [3.63, 3.8) is 0 Å². The van der Waals surface area contributed by atoms with Crippen molar-refractivity contribution in [2.75, 3.05) is 39.3 Å². The van der Waals surface area contributed by atoms with Crippen LogP contribution < -0.4 is 20.7 Å². The lowest BCUT2D eigenvalue weighted by molar-refractivity contribution is -0.164. The Hall–Kier alpha value is -5.41. The van der Waals surface area contributed by atoms with Gasteiger partial charge in [-0.3, -0.25) is 24.1 Å². The van der Waals surface area contributed by atoms with Crippen LogP contribution in [-0.4, -0.2) is 135 Å². The molecule has 15 nitrogen and oxygen atoms in total. The van der Waals surface area contributed by atoms with Crippen LogP contribution in [0.25, 0.3) is 10.4 Å². The molecule has 4 aliphatic rings.